The van der Waals surface area contributed by atoms with Crippen LogP contribution in [0.1, 0.15) is 48.9 Å². The first kappa shape index (κ1) is 30.3. The molecule has 1 aliphatic heterocycles. The molecular formula is C27H27Cl3N2O7S. The van der Waals surface area contributed by atoms with Crippen LogP contribution >= 0.6 is 34.8 Å². The molecular weight excluding hydrogens is 603 g/mol. The molecule has 0 aromatic heterocycles. The smallest absolute Gasteiger partial charge is 0.341 e. The van der Waals surface area contributed by atoms with Crippen LogP contribution in [0.15, 0.2) is 59.0 Å². The Labute approximate surface area is 247 Å². The third kappa shape index (κ3) is 6.98. The lowest BCUT2D eigenvalue weighted by molar-refractivity contribution is -0.142. The number of esters is 1. The number of amides is 1. The zero-order valence-electron chi connectivity index (χ0n) is 21.2. The lowest BCUT2D eigenvalue weighted by Gasteiger charge is -2.27. The Balaban J connectivity index is 1.37. The fourth-order valence-corrected chi connectivity index (χ4v) is 7.16. The first-order chi connectivity index (χ1) is 19.0. The normalized spacial score (nSPS) is 20.4. The van der Waals surface area contributed by atoms with Crippen LogP contribution in [0.3, 0.4) is 0 Å². The van der Waals surface area contributed by atoms with Crippen molar-refractivity contribution in [2.75, 3.05) is 6.54 Å². The average Bonchev–Trinajstić information content (AvgIpc) is 3.41. The second kappa shape index (κ2) is 12.9. The quantitative estimate of drug-likeness (QED) is 0.292. The summed E-state index contributed by atoms with van der Waals surface area (Å²) >= 11 is 18.0. The van der Waals surface area contributed by atoms with Crippen molar-refractivity contribution >= 4 is 62.7 Å². The molecule has 2 N–H and O–H groups in total. The lowest BCUT2D eigenvalue weighted by Crippen LogP contribution is -2.51. The van der Waals surface area contributed by atoms with Gasteiger partial charge in [0.25, 0.3) is 0 Å². The summed E-state index contributed by atoms with van der Waals surface area (Å²) in [6, 6.07) is 8.08. The highest BCUT2D eigenvalue weighted by atomic mass is 35.5. The summed E-state index contributed by atoms with van der Waals surface area (Å²) in [5, 5.41) is 13.1. The van der Waals surface area contributed by atoms with E-state index in [2.05, 4.69) is 5.32 Å². The molecule has 3 atom stereocenters. The van der Waals surface area contributed by atoms with Gasteiger partial charge in [-0.25, -0.2) is 18.0 Å². The van der Waals surface area contributed by atoms with Gasteiger partial charge in [-0.3, -0.25) is 4.79 Å². The number of aliphatic carboxylic acids is 1. The largest absolute Gasteiger partial charge is 0.480 e. The van der Waals surface area contributed by atoms with E-state index in [1.807, 2.05) is 0 Å². The van der Waals surface area contributed by atoms with E-state index in [1.165, 1.54) is 24.3 Å². The van der Waals surface area contributed by atoms with E-state index >= 15 is 0 Å². The van der Waals surface area contributed by atoms with E-state index in [-0.39, 0.29) is 39.9 Å². The number of sulfonamides is 1. The summed E-state index contributed by atoms with van der Waals surface area (Å²) in [7, 11) is -3.98. The van der Waals surface area contributed by atoms with Gasteiger partial charge in [-0.15, -0.1) is 0 Å². The summed E-state index contributed by atoms with van der Waals surface area (Å²) in [6.45, 7) is 0.144. The van der Waals surface area contributed by atoms with E-state index in [1.54, 1.807) is 24.3 Å². The fraction of sp³-hybridized carbons (Fsp3) is 0.370. The van der Waals surface area contributed by atoms with Gasteiger partial charge >= 0.3 is 11.9 Å². The van der Waals surface area contributed by atoms with Crippen LogP contribution < -0.4 is 5.32 Å². The summed E-state index contributed by atoms with van der Waals surface area (Å²) in [4.78, 5) is 37.7. The molecule has 3 unspecified atom stereocenters. The van der Waals surface area contributed by atoms with Crippen molar-refractivity contribution in [3.8, 4) is 0 Å². The van der Waals surface area contributed by atoms with Crippen LogP contribution in [-0.2, 0) is 24.3 Å². The SMILES string of the molecule is O=C(OC1CC=C(CC(NC(=O)C2CCCN2S(=O)(=O)c2ccc(Cl)cc2)C(=O)O)CC1)c1c(Cl)cccc1Cl. The third-order valence-electron chi connectivity index (χ3n) is 6.90. The van der Waals surface area contributed by atoms with Gasteiger partial charge < -0.3 is 15.2 Å². The number of hydrogen-bond donors (Lipinski definition) is 2. The van der Waals surface area contributed by atoms with Gasteiger partial charge in [-0.1, -0.05) is 52.5 Å². The number of carbonyl (C=O) groups is 3. The summed E-state index contributed by atoms with van der Waals surface area (Å²) in [6.07, 6.45) is 3.40. The second-order valence-corrected chi connectivity index (χ2v) is 12.7. The highest BCUT2D eigenvalue weighted by molar-refractivity contribution is 7.89. The Morgan fingerprint density at radius 2 is 1.73 bits per heavy atom. The first-order valence-electron chi connectivity index (χ1n) is 12.6. The highest BCUT2D eigenvalue weighted by Gasteiger charge is 2.40. The number of nitrogens with zero attached hydrogens (tertiary/aromatic N) is 1. The summed E-state index contributed by atoms with van der Waals surface area (Å²) < 4.78 is 33.0. The van der Waals surface area contributed by atoms with Crippen molar-refractivity contribution in [2.24, 2.45) is 0 Å². The Hall–Kier alpha value is -2.63. The van der Waals surface area contributed by atoms with Crippen molar-refractivity contribution in [1.82, 2.24) is 9.62 Å². The van der Waals surface area contributed by atoms with Crippen LogP contribution in [0.2, 0.25) is 15.1 Å². The Morgan fingerprint density at radius 1 is 1.05 bits per heavy atom. The topological polar surface area (TPSA) is 130 Å². The Morgan fingerprint density at radius 3 is 2.33 bits per heavy atom. The molecule has 9 nitrogen and oxygen atoms in total. The fourth-order valence-electron chi connectivity index (χ4n) is 4.82. The molecule has 40 heavy (non-hydrogen) atoms. The molecule has 1 saturated heterocycles. The second-order valence-electron chi connectivity index (χ2n) is 9.59. The number of carbonyl (C=O) groups excluding carboxylic acids is 2. The number of carboxylic acids is 1. The number of ether oxygens (including phenoxy) is 1. The monoisotopic (exact) mass is 628 g/mol. The molecule has 1 amide bonds. The van der Waals surface area contributed by atoms with Crippen molar-refractivity contribution in [2.45, 2.75) is 61.6 Å². The molecule has 1 fully saturated rings. The van der Waals surface area contributed by atoms with Crippen LogP contribution in [0.5, 0.6) is 0 Å². The molecule has 2 aliphatic rings. The van der Waals surface area contributed by atoms with Gasteiger partial charge in [0.15, 0.2) is 0 Å². The highest BCUT2D eigenvalue weighted by Crippen LogP contribution is 2.30. The number of carboxylic acid groups (broad SMARTS) is 1. The van der Waals surface area contributed by atoms with E-state index in [4.69, 9.17) is 39.5 Å². The minimum absolute atomic E-state index is 0.00538. The van der Waals surface area contributed by atoms with Gasteiger partial charge in [0.2, 0.25) is 15.9 Å². The Kier molecular flexibility index (Phi) is 9.79. The predicted octanol–water partition coefficient (Wildman–Crippen LogP) is 5.10. The standard InChI is InChI=1S/C27H27Cl3N2O7S/c28-17-8-12-19(13-9-17)40(37,38)32-14-2-5-23(32)25(33)31-22(26(34)35)15-16-6-10-18(11-7-16)39-27(36)24-20(29)3-1-4-21(24)30/h1,3-4,6,8-9,12-13,18,22-23H,2,5,7,10-11,14-15H2,(H,31,33)(H,34,35). The molecule has 1 aliphatic carbocycles. The molecule has 0 saturated carbocycles. The number of benzene rings is 2. The van der Waals surface area contributed by atoms with E-state index in [0.29, 0.717) is 30.7 Å². The molecule has 13 heteroatoms. The molecule has 2 aromatic rings. The zero-order chi connectivity index (χ0) is 29.0. The van der Waals surface area contributed by atoms with Crippen molar-refractivity contribution < 1.29 is 32.6 Å². The molecule has 0 radical (unpaired) electrons. The van der Waals surface area contributed by atoms with Crippen LogP contribution in [-0.4, -0.2) is 60.4 Å². The number of hydrogen-bond acceptors (Lipinski definition) is 6. The molecule has 214 valence electrons. The minimum atomic E-state index is -3.98. The maximum absolute atomic E-state index is 13.2. The lowest BCUT2D eigenvalue weighted by atomic mass is 9.92. The molecule has 0 spiro atoms. The van der Waals surface area contributed by atoms with E-state index < -0.39 is 46.1 Å². The van der Waals surface area contributed by atoms with Crippen LogP contribution in [0.25, 0.3) is 0 Å². The molecule has 0 bridgehead atoms. The number of rotatable bonds is 9. The minimum Gasteiger partial charge on any atom is -0.480 e. The molecule has 4 rings (SSSR count). The van der Waals surface area contributed by atoms with Crippen molar-refractivity contribution in [3.05, 3.63) is 74.7 Å². The van der Waals surface area contributed by atoms with E-state index in [0.717, 1.165) is 9.88 Å². The van der Waals surface area contributed by atoms with Gasteiger partial charge in [0.05, 0.1) is 20.5 Å². The van der Waals surface area contributed by atoms with Crippen molar-refractivity contribution in [1.29, 1.82) is 0 Å². The summed E-state index contributed by atoms with van der Waals surface area (Å²) in [5.41, 5.74) is 0.876. The maximum atomic E-state index is 13.2. The first-order valence-corrected chi connectivity index (χ1v) is 15.2. The average molecular weight is 630 g/mol. The predicted molar refractivity (Wildman–Crippen MR) is 150 cm³/mol. The van der Waals surface area contributed by atoms with Gasteiger partial charge in [0.1, 0.15) is 18.2 Å². The van der Waals surface area contributed by atoms with Crippen LogP contribution in [0, 0.1) is 0 Å². The van der Waals surface area contributed by atoms with Crippen LogP contribution in [0.4, 0.5) is 0 Å². The Bertz CT molecular complexity index is 1410. The number of nitrogens with one attached hydrogen (secondary N) is 1. The zero-order valence-corrected chi connectivity index (χ0v) is 24.3. The number of halogens is 3. The maximum Gasteiger partial charge on any atom is 0.341 e. The third-order valence-corrected chi connectivity index (χ3v) is 9.71. The van der Waals surface area contributed by atoms with E-state index in [9.17, 15) is 27.9 Å². The summed E-state index contributed by atoms with van der Waals surface area (Å²) in [5.74, 6) is -2.54. The van der Waals surface area contributed by atoms with Gasteiger partial charge in [-0.05, 0) is 68.5 Å². The molecule has 2 aromatic carbocycles. The van der Waals surface area contributed by atoms with Gasteiger partial charge in [-0.2, -0.15) is 4.31 Å². The van der Waals surface area contributed by atoms with Gasteiger partial charge in [0, 0.05) is 18.0 Å². The molecule has 1 heterocycles. The van der Waals surface area contributed by atoms with Crippen molar-refractivity contribution in [3.63, 3.8) is 0 Å².